The van der Waals surface area contributed by atoms with Gasteiger partial charge in [-0.15, -0.1) is 0 Å². The summed E-state index contributed by atoms with van der Waals surface area (Å²) in [7, 11) is 0. The minimum absolute atomic E-state index is 0.139. The molecule has 31 heavy (non-hydrogen) atoms. The fourth-order valence-electron chi connectivity index (χ4n) is 6.25. The van der Waals surface area contributed by atoms with Crippen LogP contribution in [-0.2, 0) is 16.0 Å². The number of amides is 2. The van der Waals surface area contributed by atoms with Gasteiger partial charge in [-0.3, -0.25) is 9.59 Å². The Morgan fingerprint density at radius 3 is 2.39 bits per heavy atom. The fourth-order valence-corrected chi connectivity index (χ4v) is 6.25. The van der Waals surface area contributed by atoms with E-state index in [4.69, 9.17) is 5.73 Å². The maximum Gasteiger partial charge on any atom is 0.224 e. The first-order valence-electron chi connectivity index (χ1n) is 12.4. The van der Waals surface area contributed by atoms with Crippen molar-refractivity contribution in [2.24, 2.45) is 11.1 Å². The SMILES string of the molecule is CC(=O)N1CCC[C@@H](c2ccccc2CC2(C(N)=O)CCN(C3CCCCC3)CC2)C1. The maximum atomic E-state index is 12.7. The molecule has 2 N–H and O–H groups in total. The average Bonchev–Trinajstić information content (AvgIpc) is 2.80. The quantitative estimate of drug-likeness (QED) is 0.779. The third kappa shape index (κ3) is 4.97. The van der Waals surface area contributed by atoms with E-state index in [2.05, 4.69) is 29.2 Å². The number of carbonyl (C=O) groups excluding carboxylic acids is 2. The summed E-state index contributed by atoms with van der Waals surface area (Å²) in [4.78, 5) is 29.3. The average molecular weight is 426 g/mol. The largest absolute Gasteiger partial charge is 0.369 e. The van der Waals surface area contributed by atoms with Crippen molar-refractivity contribution in [2.75, 3.05) is 26.2 Å². The molecule has 1 aromatic rings. The Balaban J connectivity index is 1.49. The normalized spacial score (nSPS) is 25.3. The zero-order valence-electron chi connectivity index (χ0n) is 19.2. The van der Waals surface area contributed by atoms with Gasteiger partial charge in [0.05, 0.1) is 5.41 Å². The van der Waals surface area contributed by atoms with Crippen molar-refractivity contribution in [2.45, 2.75) is 83.1 Å². The molecule has 0 bridgehead atoms. The Labute approximate surface area is 187 Å². The molecule has 5 heteroatoms. The van der Waals surface area contributed by atoms with E-state index in [0.717, 1.165) is 58.3 Å². The van der Waals surface area contributed by atoms with Gasteiger partial charge in [-0.1, -0.05) is 43.5 Å². The van der Waals surface area contributed by atoms with E-state index in [-0.39, 0.29) is 11.8 Å². The van der Waals surface area contributed by atoms with Crippen LogP contribution in [0.15, 0.2) is 24.3 Å². The number of hydrogen-bond donors (Lipinski definition) is 1. The van der Waals surface area contributed by atoms with Gasteiger partial charge in [0.25, 0.3) is 0 Å². The highest BCUT2D eigenvalue weighted by atomic mass is 16.2. The molecule has 0 spiro atoms. The molecule has 1 saturated carbocycles. The van der Waals surface area contributed by atoms with E-state index in [9.17, 15) is 9.59 Å². The molecule has 1 atom stereocenters. The lowest BCUT2D eigenvalue weighted by atomic mass is 9.71. The van der Waals surface area contributed by atoms with Crippen molar-refractivity contribution < 1.29 is 9.59 Å². The molecule has 5 nitrogen and oxygen atoms in total. The molecular formula is C26H39N3O2. The Bertz CT molecular complexity index is 779. The Morgan fingerprint density at radius 2 is 1.71 bits per heavy atom. The van der Waals surface area contributed by atoms with Gasteiger partial charge in [0.2, 0.25) is 11.8 Å². The number of primary amides is 1. The molecule has 0 unspecified atom stereocenters. The number of likely N-dealkylation sites (tertiary alicyclic amines) is 2. The standard InChI is InChI=1S/C26H39N3O2/c1-20(30)29-15-7-9-22(19-29)24-12-6-5-8-21(24)18-26(25(27)31)13-16-28(17-14-26)23-10-3-2-4-11-23/h5-6,8,12,22-23H,2-4,7,9-11,13-19H2,1H3,(H2,27,31)/t22-/m1/s1. The van der Waals surface area contributed by atoms with Crippen LogP contribution < -0.4 is 5.73 Å². The molecule has 0 aromatic heterocycles. The molecule has 1 aliphatic carbocycles. The Kier molecular flexibility index (Phi) is 7.00. The molecule has 1 aromatic carbocycles. The van der Waals surface area contributed by atoms with E-state index in [1.165, 1.54) is 43.2 Å². The van der Waals surface area contributed by atoms with Gasteiger partial charge in [0, 0.05) is 32.0 Å². The van der Waals surface area contributed by atoms with Crippen LogP contribution in [0.3, 0.4) is 0 Å². The van der Waals surface area contributed by atoms with Gasteiger partial charge in [0.15, 0.2) is 0 Å². The van der Waals surface area contributed by atoms with Crippen LogP contribution in [0, 0.1) is 5.41 Å². The van der Waals surface area contributed by atoms with E-state index in [1.54, 1.807) is 6.92 Å². The highest BCUT2D eigenvalue weighted by Gasteiger charge is 2.42. The van der Waals surface area contributed by atoms with Crippen LogP contribution in [0.1, 0.15) is 81.8 Å². The molecule has 3 aliphatic rings. The fraction of sp³-hybridized carbons (Fsp3) is 0.692. The number of rotatable bonds is 5. The van der Waals surface area contributed by atoms with Crippen LogP contribution in [0.2, 0.25) is 0 Å². The minimum Gasteiger partial charge on any atom is -0.369 e. The van der Waals surface area contributed by atoms with Crippen LogP contribution in [0.25, 0.3) is 0 Å². The number of nitrogens with two attached hydrogens (primary N) is 1. The summed E-state index contributed by atoms with van der Waals surface area (Å²) in [6.45, 7) is 5.27. The summed E-state index contributed by atoms with van der Waals surface area (Å²) in [6.07, 6.45) is 11.2. The van der Waals surface area contributed by atoms with E-state index in [0.29, 0.717) is 12.0 Å². The van der Waals surface area contributed by atoms with Crippen LogP contribution in [-0.4, -0.2) is 53.8 Å². The molecule has 170 valence electrons. The number of hydrogen-bond acceptors (Lipinski definition) is 3. The van der Waals surface area contributed by atoms with Gasteiger partial charge in [0.1, 0.15) is 0 Å². The molecule has 3 fully saturated rings. The van der Waals surface area contributed by atoms with Crippen molar-refractivity contribution in [1.82, 2.24) is 9.80 Å². The van der Waals surface area contributed by atoms with E-state index < -0.39 is 5.41 Å². The minimum atomic E-state index is -0.448. The summed E-state index contributed by atoms with van der Waals surface area (Å²) in [6, 6.07) is 9.26. The van der Waals surface area contributed by atoms with Crippen molar-refractivity contribution in [3.63, 3.8) is 0 Å². The molecule has 2 amide bonds. The number of nitrogens with zero attached hydrogens (tertiary/aromatic N) is 2. The third-order valence-corrected chi connectivity index (χ3v) is 8.26. The number of carbonyl (C=O) groups is 2. The smallest absolute Gasteiger partial charge is 0.224 e. The zero-order valence-corrected chi connectivity index (χ0v) is 19.2. The van der Waals surface area contributed by atoms with Crippen LogP contribution in [0.4, 0.5) is 0 Å². The van der Waals surface area contributed by atoms with Gasteiger partial charge in [-0.05, 0) is 69.2 Å². The lowest BCUT2D eigenvalue weighted by Gasteiger charge is -2.44. The van der Waals surface area contributed by atoms with E-state index in [1.807, 2.05) is 4.90 Å². The van der Waals surface area contributed by atoms with Crippen LogP contribution >= 0.6 is 0 Å². The summed E-state index contributed by atoms with van der Waals surface area (Å²) < 4.78 is 0. The van der Waals surface area contributed by atoms with Crippen molar-refractivity contribution in [3.8, 4) is 0 Å². The first-order chi connectivity index (χ1) is 15.0. The summed E-state index contributed by atoms with van der Waals surface area (Å²) in [5, 5.41) is 0. The highest BCUT2D eigenvalue weighted by Crippen LogP contribution is 2.39. The second-order valence-corrected chi connectivity index (χ2v) is 10.2. The molecule has 4 rings (SSSR count). The van der Waals surface area contributed by atoms with Gasteiger partial charge in [-0.25, -0.2) is 0 Å². The second kappa shape index (κ2) is 9.72. The van der Waals surface area contributed by atoms with Crippen LogP contribution in [0.5, 0.6) is 0 Å². The predicted octanol–water partition coefficient (Wildman–Crippen LogP) is 3.86. The van der Waals surface area contributed by atoms with Gasteiger partial charge < -0.3 is 15.5 Å². The molecule has 2 heterocycles. The topological polar surface area (TPSA) is 66.6 Å². The summed E-state index contributed by atoms with van der Waals surface area (Å²) >= 11 is 0. The van der Waals surface area contributed by atoms with Gasteiger partial charge in [-0.2, -0.15) is 0 Å². The van der Waals surface area contributed by atoms with Crippen molar-refractivity contribution in [1.29, 1.82) is 0 Å². The number of benzene rings is 1. The lowest BCUT2D eigenvalue weighted by molar-refractivity contribution is -0.131. The molecular weight excluding hydrogens is 386 g/mol. The van der Waals surface area contributed by atoms with Crippen molar-refractivity contribution in [3.05, 3.63) is 35.4 Å². The molecule has 0 radical (unpaired) electrons. The Morgan fingerprint density at radius 1 is 1.00 bits per heavy atom. The second-order valence-electron chi connectivity index (χ2n) is 10.2. The Hall–Kier alpha value is -1.88. The maximum absolute atomic E-state index is 12.7. The monoisotopic (exact) mass is 425 g/mol. The number of piperidine rings is 2. The molecule has 2 saturated heterocycles. The first-order valence-corrected chi connectivity index (χ1v) is 12.4. The predicted molar refractivity (Wildman–Crippen MR) is 124 cm³/mol. The zero-order chi connectivity index (χ0) is 21.8. The molecule has 2 aliphatic heterocycles. The first kappa shape index (κ1) is 22.3. The lowest BCUT2D eigenvalue weighted by Crippen LogP contribution is -2.51. The highest BCUT2D eigenvalue weighted by molar-refractivity contribution is 5.81. The van der Waals surface area contributed by atoms with E-state index >= 15 is 0 Å². The van der Waals surface area contributed by atoms with Crippen molar-refractivity contribution >= 4 is 11.8 Å². The summed E-state index contributed by atoms with van der Waals surface area (Å²) in [5.74, 6) is 0.367. The third-order valence-electron chi connectivity index (χ3n) is 8.26. The summed E-state index contributed by atoms with van der Waals surface area (Å²) in [5.41, 5.74) is 8.17. The van der Waals surface area contributed by atoms with Gasteiger partial charge >= 0.3 is 0 Å².